The second kappa shape index (κ2) is 5.36. The van der Waals surface area contributed by atoms with Crippen molar-refractivity contribution in [3.05, 3.63) is 36.3 Å². The maximum atomic E-state index is 11.9. The summed E-state index contributed by atoms with van der Waals surface area (Å²) in [6.07, 6.45) is 3.10. The molecule has 0 atom stereocenters. The number of carbonyl (C=O) groups excluding carboxylic acids is 1. The molecule has 4 heteroatoms. The summed E-state index contributed by atoms with van der Waals surface area (Å²) in [6.45, 7) is 5.99. The zero-order chi connectivity index (χ0) is 11.3. The molecule has 15 heavy (non-hydrogen) atoms. The number of nitrogens with zero attached hydrogens (tertiary/aromatic N) is 1. The Morgan fingerprint density at radius 2 is 2.47 bits per heavy atom. The highest BCUT2D eigenvalue weighted by Crippen LogP contribution is 2.11. The first-order valence-electron chi connectivity index (χ1n) is 4.75. The van der Waals surface area contributed by atoms with Crippen molar-refractivity contribution in [3.8, 4) is 0 Å². The van der Waals surface area contributed by atoms with E-state index in [1.54, 1.807) is 12.1 Å². The third-order valence-corrected chi connectivity index (χ3v) is 2.06. The van der Waals surface area contributed by atoms with Gasteiger partial charge in [-0.15, -0.1) is 6.58 Å². The fourth-order valence-corrected chi connectivity index (χ4v) is 1.29. The molecule has 1 amide bonds. The predicted octanol–water partition coefficient (Wildman–Crippen LogP) is 1.21. The molecule has 0 saturated carbocycles. The van der Waals surface area contributed by atoms with Gasteiger partial charge in [0.15, 0.2) is 5.76 Å². The van der Waals surface area contributed by atoms with Crippen molar-refractivity contribution in [1.29, 1.82) is 0 Å². The Morgan fingerprint density at radius 1 is 1.73 bits per heavy atom. The highest BCUT2D eigenvalue weighted by atomic mass is 16.3. The molecule has 0 radical (unpaired) electrons. The minimum absolute atomic E-state index is 0.0701. The van der Waals surface area contributed by atoms with Crippen molar-refractivity contribution in [2.24, 2.45) is 0 Å². The Morgan fingerprint density at radius 3 is 2.93 bits per heavy atom. The quantitative estimate of drug-likeness (QED) is 0.741. The second-order valence-electron chi connectivity index (χ2n) is 3.20. The van der Waals surface area contributed by atoms with Crippen LogP contribution in [-0.2, 0) is 0 Å². The minimum atomic E-state index is -0.216. The monoisotopic (exact) mass is 209 g/mol. The summed E-state index contributed by atoms with van der Waals surface area (Å²) >= 11 is 0. The zero-order valence-corrected chi connectivity index (χ0v) is 8.77. The van der Waals surface area contributed by atoms with E-state index in [0.717, 1.165) is 5.56 Å². The number of hydrogen-bond acceptors (Lipinski definition) is 3. The van der Waals surface area contributed by atoms with Crippen molar-refractivity contribution in [2.75, 3.05) is 19.7 Å². The number of aliphatic hydroxyl groups excluding tert-OH is 1. The van der Waals surface area contributed by atoms with Crippen molar-refractivity contribution in [1.82, 2.24) is 4.90 Å². The molecule has 1 aromatic heterocycles. The fraction of sp³-hybridized carbons (Fsp3) is 0.364. The summed E-state index contributed by atoms with van der Waals surface area (Å²) in [5.74, 6) is 0.108. The standard InChI is InChI=1S/C11H15NO3/c1-3-5-12(6-7-13)11(14)10-9(2)4-8-15-10/h3-4,8,13H,1,5-7H2,2H3. The normalized spacial score (nSPS) is 10.0. The van der Waals surface area contributed by atoms with E-state index in [0.29, 0.717) is 12.3 Å². The zero-order valence-electron chi connectivity index (χ0n) is 8.77. The number of aliphatic hydroxyl groups is 1. The van der Waals surface area contributed by atoms with Crippen molar-refractivity contribution in [2.45, 2.75) is 6.92 Å². The molecule has 0 aliphatic heterocycles. The van der Waals surface area contributed by atoms with Crippen LogP contribution in [0.3, 0.4) is 0 Å². The summed E-state index contributed by atoms with van der Waals surface area (Å²) in [7, 11) is 0. The predicted molar refractivity (Wildman–Crippen MR) is 56.6 cm³/mol. The highest BCUT2D eigenvalue weighted by Gasteiger charge is 2.18. The molecule has 0 fully saturated rings. The Hall–Kier alpha value is -1.55. The van der Waals surface area contributed by atoms with Gasteiger partial charge in [0.05, 0.1) is 12.9 Å². The molecular weight excluding hydrogens is 194 g/mol. The van der Waals surface area contributed by atoms with E-state index >= 15 is 0 Å². The largest absolute Gasteiger partial charge is 0.459 e. The lowest BCUT2D eigenvalue weighted by Gasteiger charge is -2.18. The molecule has 82 valence electrons. The molecule has 0 spiro atoms. The van der Waals surface area contributed by atoms with Gasteiger partial charge in [-0.2, -0.15) is 0 Å². The fourth-order valence-electron chi connectivity index (χ4n) is 1.29. The van der Waals surface area contributed by atoms with Crippen molar-refractivity contribution < 1.29 is 14.3 Å². The molecule has 1 heterocycles. The number of furan rings is 1. The van der Waals surface area contributed by atoms with Crippen molar-refractivity contribution >= 4 is 5.91 Å². The molecule has 0 aliphatic rings. The number of amides is 1. The van der Waals surface area contributed by atoms with Crippen LogP contribution >= 0.6 is 0 Å². The van der Waals surface area contributed by atoms with Gasteiger partial charge in [0.1, 0.15) is 0 Å². The Bertz CT molecular complexity index is 343. The van der Waals surface area contributed by atoms with Gasteiger partial charge in [0.2, 0.25) is 0 Å². The van der Waals surface area contributed by atoms with E-state index < -0.39 is 0 Å². The Labute approximate surface area is 88.8 Å². The molecule has 1 rings (SSSR count). The first-order chi connectivity index (χ1) is 7.20. The number of aryl methyl sites for hydroxylation is 1. The van der Waals surface area contributed by atoms with E-state index in [2.05, 4.69) is 6.58 Å². The SMILES string of the molecule is C=CCN(CCO)C(=O)c1occc1C. The molecule has 0 aliphatic carbocycles. The molecule has 0 unspecified atom stereocenters. The average molecular weight is 209 g/mol. The Balaban J connectivity index is 2.80. The van der Waals surface area contributed by atoms with Crippen molar-refractivity contribution in [3.63, 3.8) is 0 Å². The Kier molecular flexibility index (Phi) is 4.12. The van der Waals surface area contributed by atoms with Gasteiger partial charge in [0.25, 0.3) is 5.91 Å². The lowest BCUT2D eigenvalue weighted by molar-refractivity contribution is 0.0710. The third-order valence-electron chi connectivity index (χ3n) is 2.06. The van der Waals surface area contributed by atoms with Gasteiger partial charge < -0.3 is 14.4 Å². The van der Waals surface area contributed by atoms with E-state index in [4.69, 9.17) is 9.52 Å². The summed E-state index contributed by atoms with van der Waals surface area (Å²) in [6, 6.07) is 1.73. The van der Waals surface area contributed by atoms with Crippen LogP contribution in [0.1, 0.15) is 16.1 Å². The van der Waals surface area contributed by atoms with E-state index in [-0.39, 0.29) is 19.1 Å². The molecule has 1 N–H and O–H groups in total. The number of carbonyl (C=O) groups is 1. The smallest absolute Gasteiger partial charge is 0.290 e. The van der Waals surface area contributed by atoms with Crippen LogP contribution in [0, 0.1) is 6.92 Å². The first-order valence-corrected chi connectivity index (χ1v) is 4.75. The molecule has 0 saturated heterocycles. The topological polar surface area (TPSA) is 53.7 Å². The van der Waals surface area contributed by atoms with E-state index in [9.17, 15) is 4.79 Å². The van der Waals surface area contributed by atoms with Gasteiger partial charge >= 0.3 is 0 Å². The second-order valence-corrected chi connectivity index (χ2v) is 3.20. The maximum absolute atomic E-state index is 11.9. The molecule has 1 aromatic rings. The van der Waals surface area contributed by atoms with Crippen LogP contribution in [0.4, 0.5) is 0 Å². The van der Waals surface area contributed by atoms with Gasteiger partial charge in [0, 0.05) is 18.7 Å². The van der Waals surface area contributed by atoms with Gasteiger partial charge in [-0.05, 0) is 13.0 Å². The lowest BCUT2D eigenvalue weighted by Crippen LogP contribution is -2.33. The molecule has 0 bridgehead atoms. The van der Waals surface area contributed by atoms with E-state index in [1.807, 2.05) is 6.92 Å². The third kappa shape index (κ3) is 2.70. The van der Waals surface area contributed by atoms with E-state index in [1.165, 1.54) is 11.2 Å². The van der Waals surface area contributed by atoms with Gasteiger partial charge in [-0.3, -0.25) is 4.79 Å². The maximum Gasteiger partial charge on any atom is 0.290 e. The van der Waals surface area contributed by atoms with Crippen LogP contribution in [0.5, 0.6) is 0 Å². The molecule has 4 nitrogen and oxygen atoms in total. The summed E-state index contributed by atoms with van der Waals surface area (Å²) < 4.78 is 5.09. The van der Waals surface area contributed by atoms with Crippen LogP contribution in [-0.4, -0.2) is 35.6 Å². The van der Waals surface area contributed by atoms with Gasteiger partial charge in [-0.25, -0.2) is 0 Å². The molecular formula is C11H15NO3. The highest BCUT2D eigenvalue weighted by molar-refractivity contribution is 5.92. The number of hydrogen-bond donors (Lipinski definition) is 1. The number of rotatable bonds is 5. The summed E-state index contributed by atoms with van der Waals surface area (Å²) in [5.41, 5.74) is 0.798. The van der Waals surface area contributed by atoms with Crippen LogP contribution < -0.4 is 0 Å². The van der Waals surface area contributed by atoms with Gasteiger partial charge in [-0.1, -0.05) is 6.08 Å². The summed E-state index contributed by atoms with van der Waals surface area (Å²) in [4.78, 5) is 13.4. The lowest BCUT2D eigenvalue weighted by atomic mass is 10.2. The van der Waals surface area contributed by atoms with Crippen LogP contribution in [0.25, 0.3) is 0 Å². The average Bonchev–Trinajstić information content (AvgIpc) is 2.63. The van der Waals surface area contributed by atoms with Crippen LogP contribution in [0.2, 0.25) is 0 Å². The first kappa shape index (κ1) is 11.5. The minimum Gasteiger partial charge on any atom is -0.459 e. The summed E-state index contributed by atoms with van der Waals surface area (Å²) in [5, 5.41) is 8.82. The van der Waals surface area contributed by atoms with Crippen LogP contribution in [0.15, 0.2) is 29.4 Å². The molecule has 0 aromatic carbocycles.